The number of rotatable bonds is 7. The van der Waals surface area contributed by atoms with Gasteiger partial charge >= 0.3 is 6.61 Å². The van der Waals surface area contributed by atoms with Crippen molar-refractivity contribution >= 4 is 27.3 Å². The van der Waals surface area contributed by atoms with Crippen molar-refractivity contribution in [1.82, 2.24) is 9.62 Å². The van der Waals surface area contributed by atoms with E-state index in [0.29, 0.717) is 18.5 Å². The van der Waals surface area contributed by atoms with Crippen molar-refractivity contribution in [3.8, 4) is 5.75 Å². The number of para-hydroxylation sites is 1. The lowest BCUT2D eigenvalue weighted by atomic mass is 10.0. The standard InChI is InChI=1S/C22H20F2N2O4S2/c23-22(24)30-18-8-4-3-6-16(18)13-25-21(27)20-19(10-12-31-20)32(28,29)26-11-9-15-5-1-2-7-17(15)14-26/h1-8,10,12,22H,9,11,13-14H2,(H,25,27). The number of amides is 1. The summed E-state index contributed by atoms with van der Waals surface area (Å²) < 4.78 is 57.6. The first-order chi connectivity index (χ1) is 15.4. The number of ether oxygens (including phenoxy) is 1. The largest absolute Gasteiger partial charge is 0.434 e. The molecule has 0 saturated heterocycles. The molecule has 1 aliphatic heterocycles. The molecule has 10 heteroatoms. The molecule has 6 nitrogen and oxygen atoms in total. The maximum Gasteiger partial charge on any atom is 0.387 e. The molecule has 4 rings (SSSR count). The van der Waals surface area contributed by atoms with Gasteiger partial charge in [0.15, 0.2) is 0 Å². The number of nitrogens with one attached hydrogen (secondary N) is 1. The van der Waals surface area contributed by atoms with E-state index in [1.807, 2.05) is 24.3 Å². The minimum absolute atomic E-state index is 0.0474. The number of nitrogens with zero attached hydrogens (tertiary/aromatic N) is 1. The van der Waals surface area contributed by atoms with Crippen LogP contribution in [0.5, 0.6) is 5.75 Å². The molecule has 2 aromatic carbocycles. The number of benzene rings is 2. The summed E-state index contributed by atoms with van der Waals surface area (Å²) >= 11 is 1.01. The van der Waals surface area contributed by atoms with E-state index in [4.69, 9.17) is 0 Å². The van der Waals surface area contributed by atoms with E-state index >= 15 is 0 Å². The minimum Gasteiger partial charge on any atom is -0.434 e. The van der Waals surface area contributed by atoms with Crippen molar-refractivity contribution in [3.05, 3.63) is 81.5 Å². The number of sulfonamides is 1. The first-order valence-corrected chi connectivity index (χ1v) is 12.1. The van der Waals surface area contributed by atoms with E-state index in [0.717, 1.165) is 22.5 Å². The summed E-state index contributed by atoms with van der Waals surface area (Å²) in [5.41, 5.74) is 2.42. The number of carbonyl (C=O) groups excluding carboxylic acids is 1. The van der Waals surface area contributed by atoms with Crippen LogP contribution in [0.1, 0.15) is 26.4 Å². The molecule has 0 radical (unpaired) electrons. The molecule has 0 fully saturated rings. The molecular formula is C22H20F2N2O4S2. The maximum absolute atomic E-state index is 13.3. The third kappa shape index (κ3) is 4.67. The maximum atomic E-state index is 13.3. The normalized spacial score (nSPS) is 14.2. The third-order valence-corrected chi connectivity index (χ3v) is 8.11. The molecular weight excluding hydrogens is 458 g/mol. The average Bonchev–Trinajstić information content (AvgIpc) is 3.29. The highest BCUT2D eigenvalue weighted by atomic mass is 32.2. The number of halogens is 2. The summed E-state index contributed by atoms with van der Waals surface area (Å²) in [5.74, 6) is -0.642. The number of hydrogen-bond acceptors (Lipinski definition) is 5. The van der Waals surface area contributed by atoms with Gasteiger partial charge in [-0.1, -0.05) is 42.5 Å². The fourth-order valence-corrected chi connectivity index (χ4v) is 6.33. The van der Waals surface area contributed by atoms with Crippen molar-refractivity contribution < 1.29 is 26.7 Å². The Bertz CT molecular complexity index is 1230. The molecule has 0 unspecified atom stereocenters. The van der Waals surface area contributed by atoms with E-state index < -0.39 is 22.5 Å². The highest BCUT2D eigenvalue weighted by molar-refractivity contribution is 7.89. The van der Waals surface area contributed by atoms with E-state index in [-0.39, 0.29) is 28.6 Å². The van der Waals surface area contributed by atoms with Crippen LogP contribution >= 0.6 is 11.3 Å². The van der Waals surface area contributed by atoms with Crippen LogP contribution in [0.4, 0.5) is 8.78 Å². The molecule has 1 N–H and O–H groups in total. The predicted octanol–water partition coefficient (Wildman–Crippen LogP) is 4.03. The zero-order valence-electron chi connectivity index (χ0n) is 16.8. The second-order valence-corrected chi connectivity index (χ2v) is 9.96. The minimum atomic E-state index is -3.89. The summed E-state index contributed by atoms with van der Waals surface area (Å²) in [6.45, 7) is -2.51. The molecule has 1 aromatic heterocycles. The molecule has 0 bridgehead atoms. The van der Waals surface area contributed by atoms with Crippen LogP contribution in [-0.2, 0) is 29.5 Å². The molecule has 32 heavy (non-hydrogen) atoms. The van der Waals surface area contributed by atoms with Crippen LogP contribution in [0.3, 0.4) is 0 Å². The molecule has 3 aromatic rings. The second-order valence-electron chi connectivity index (χ2n) is 7.14. The summed E-state index contributed by atoms with van der Waals surface area (Å²) in [5, 5.41) is 4.16. The van der Waals surface area contributed by atoms with E-state index in [1.54, 1.807) is 23.6 Å². The van der Waals surface area contributed by atoms with Crippen molar-refractivity contribution in [2.75, 3.05) is 6.54 Å². The van der Waals surface area contributed by atoms with Crippen LogP contribution in [0.2, 0.25) is 0 Å². The lowest BCUT2D eigenvalue weighted by molar-refractivity contribution is -0.0504. The lowest BCUT2D eigenvalue weighted by Gasteiger charge is -2.28. The summed E-state index contributed by atoms with van der Waals surface area (Å²) in [6.07, 6.45) is 0.599. The number of alkyl halides is 2. The third-order valence-electron chi connectivity index (χ3n) is 5.18. The monoisotopic (exact) mass is 478 g/mol. The van der Waals surface area contributed by atoms with E-state index in [9.17, 15) is 22.0 Å². The Balaban J connectivity index is 1.51. The van der Waals surface area contributed by atoms with Crippen LogP contribution in [0, 0.1) is 0 Å². The molecule has 1 amide bonds. The van der Waals surface area contributed by atoms with Crippen molar-refractivity contribution in [2.45, 2.75) is 31.0 Å². The summed E-state index contributed by atoms with van der Waals surface area (Å²) in [4.78, 5) is 12.8. The van der Waals surface area contributed by atoms with Gasteiger partial charge in [0.1, 0.15) is 15.5 Å². The summed E-state index contributed by atoms with van der Waals surface area (Å²) in [6, 6.07) is 15.2. The fourth-order valence-electron chi connectivity index (χ4n) is 3.60. The Kier molecular flexibility index (Phi) is 6.54. The Morgan fingerprint density at radius 3 is 2.59 bits per heavy atom. The quantitative estimate of drug-likeness (QED) is 0.557. The highest BCUT2D eigenvalue weighted by Crippen LogP contribution is 2.29. The average molecular weight is 479 g/mol. The lowest BCUT2D eigenvalue weighted by Crippen LogP contribution is -2.36. The Morgan fingerprint density at radius 2 is 1.81 bits per heavy atom. The van der Waals surface area contributed by atoms with Crippen molar-refractivity contribution in [1.29, 1.82) is 0 Å². The SMILES string of the molecule is O=C(NCc1ccccc1OC(F)F)c1sccc1S(=O)(=O)N1CCc2ccccc2C1. The second kappa shape index (κ2) is 9.35. The Hall–Kier alpha value is -2.82. The summed E-state index contributed by atoms with van der Waals surface area (Å²) in [7, 11) is -3.89. The zero-order chi connectivity index (χ0) is 22.7. The molecule has 1 aliphatic rings. The number of hydrogen-bond donors (Lipinski definition) is 1. The number of carbonyl (C=O) groups is 1. The van der Waals surface area contributed by atoms with Gasteiger partial charge in [-0.3, -0.25) is 4.79 Å². The van der Waals surface area contributed by atoms with Gasteiger partial charge in [0.05, 0.1) is 0 Å². The van der Waals surface area contributed by atoms with Crippen LogP contribution in [0.15, 0.2) is 64.9 Å². The molecule has 168 valence electrons. The van der Waals surface area contributed by atoms with Crippen molar-refractivity contribution in [3.63, 3.8) is 0 Å². The van der Waals surface area contributed by atoms with E-state index in [2.05, 4.69) is 10.1 Å². The smallest absolute Gasteiger partial charge is 0.387 e. The molecule has 0 saturated carbocycles. The fraction of sp³-hybridized carbons (Fsp3) is 0.227. The zero-order valence-corrected chi connectivity index (χ0v) is 18.5. The molecule has 0 spiro atoms. The molecule has 2 heterocycles. The highest BCUT2D eigenvalue weighted by Gasteiger charge is 2.32. The van der Waals surface area contributed by atoms with Gasteiger partial charge in [-0.2, -0.15) is 13.1 Å². The van der Waals surface area contributed by atoms with Crippen molar-refractivity contribution in [2.24, 2.45) is 0 Å². The van der Waals surface area contributed by atoms with Crippen LogP contribution in [0.25, 0.3) is 0 Å². The Labute approximate surface area is 188 Å². The number of fused-ring (bicyclic) bond motifs is 1. The molecule has 0 atom stereocenters. The van der Waals surface area contributed by atoms with Crippen LogP contribution in [-0.4, -0.2) is 31.8 Å². The van der Waals surface area contributed by atoms with Gasteiger partial charge in [-0.25, -0.2) is 8.42 Å². The van der Waals surface area contributed by atoms with E-state index in [1.165, 1.54) is 16.4 Å². The predicted molar refractivity (Wildman–Crippen MR) is 116 cm³/mol. The van der Waals surface area contributed by atoms with Gasteiger partial charge in [0.25, 0.3) is 5.91 Å². The van der Waals surface area contributed by atoms with Gasteiger partial charge < -0.3 is 10.1 Å². The Morgan fingerprint density at radius 1 is 1.09 bits per heavy atom. The van der Waals surface area contributed by atoms with Gasteiger partial charge in [0, 0.05) is 25.2 Å². The van der Waals surface area contributed by atoms with Gasteiger partial charge in [-0.05, 0) is 35.1 Å². The van der Waals surface area contributed by atoms with Crippen LogP contribution < -0.4 is 10.1 Å². The first kappa shape index (κ1) is 22.4. The van der Waals surface area contributed by atoms with Gasteiger partial charge in [-0.15, -0.1) is 11.3 Å². The number of thiophene rings is 1. The van der Waals surface area contributed by atoms with Gasteiger partial charge in [0.2, 0.25) is 10.0 Å². The topological polar surface area (TPSA) is 75.7 Å². The first-order valence-electron chi connectivity index (χ1n) is 9.81. The molecule has 0 aliphatic carbocycles.